The average Bonchev–Trinajstić information content (AvgIpc) is 2.87. The second kappa shape index (κ2) is 5.08. The molecule has 0 atom stereocenters. The smallest absolute Gasteiger partial charge is 0.231 e. The molecule has 3 heteroatoms. The summed E-state index contributed by atoms with van der Waals surface area (Å²) in [5, 5.41) is 0. The van der Waals surface area contributed by atoms with Gasteiger partial charge in [-0.2, -0.15) is 0 Å². The van der Waals surface area contributed by atoms with Crippen molar-refractivity contribution < 1.29 is 9.18 Å². The Balaban J connectivity index is 1.86. The molecule has 0 saturated heterocycles. The molecule has 1 heterocycles. The van der Waals surface area contributed by atoms with Gasteiger partial charge in [-0.3, -0.25) is 4.79 Å². The molecule has 2 aromatic rings. The third-order valence-corrected chi connectivity index (χ3v) is 3.85. The Morgan fingerprint density at radius 2 is 2.00 bits per heavy atom. The number of rotatable bonds is 2. The van der Waals surface area contributed by atoms with Crippen molar-refractivity contribution in [2.45, 2.75) is 19.8 Å². The highest BCUT2D eigenvalue weighted by Crippen LogP contribution is 2.31. The average molecular weight is 269 g/mol. The Morgan fingerprint density at radius 1 is 1.20 bits per heavy atom. The predicted octanol–water partition coefficient (Wildman–Crippen LogP) is 3.27. The summed E-state index contributed by atoms with van der Waals surface area (Å²) < 4.78 is 13.9. The molecule has 0 fully saturated rings. The topological polar surface area (TPSA) is 20.3 Å². The van der Waals surface area contributed by atoms with Gasteiger partial charge in [-0.1, -0.05) is 36.4 Å². The van der Waals surface area contributed by atoms with Gasteiger partial charge in [0.15, 0.2) is 0 Å². The van der Waals surface area contributed by atoms with E-state index in [2.05, 4.69) is 0 Å². The van der Waals surface area contributed by atoms with Crippen molar-refractivity contribution in [3.8, 4) is 0 Å². The predicted molar refractivity (Wildman–Crippen MR) is 77.3 cm³/mol. The first-order valence-electron chi connectivity index (χ1n) is 6.79. The van der Waals surface area contributed by atoms with Gasteiger partial charge in [-0.25, -0.2) is 4.39 Å². The standard InChI is InChI=1S/C17H16FNO/c1-12-5-2-3-6-14(12)11-16(20)19-10-9-13-7-4-8-15(18)17(13)19/h2-8H,9-11H2,1H3. The van der Waals surface area contributed by atoms with Crippen LogP contribution < -0.4 is 4.90 Å². The van der Waals surface area contributed by atoms with Crippen molar-refractivity contribution in [3.63, 3.8) is 0 Å². The number of benzene rings is 2. The van der Waals surface area contributed by atoms with Crippen molar-refractivity contribution in [3.05, 3.63) is 65.0 Å². The van der Waals surface area contributed by atoms with Crippen molar-refractivity contribution in [1.29, 1.82) is 0 Å². The molecule has 0 bridgehead atoms. The lowest BCUT2D eigenvalue weighted by atomic mass is 10.1. The van der Waals surface area contributed by atoms with E-state index in [1.165, 1.54) is 6.07 Å². The van der Waals surface area contributed by atoms with Crippen molar-refractivity contribution in [1.82, 2.24) is 0 Å². The number of hydrogen-bond acceptors (Lipinski definition) is 1. The zero-order valence-corrected chi connectivity index (χ0v) is 11.4. The number of anilines is 1. The normalized spacial score (nSPS) is 13.4. The lowest BCUT2D eigenvalue weighted by Crippen LogP contribution is -2.31. The maximum Gasteiger partial charge on any atom is 0.231 e. The van der Waals surface area contributed by atoms with Gasteiger partial charge < -0.3 is 4.90 Å². The first-order valence-corrected chi connectivity index (χ1v) is 6.79. The van der Waals surface area contributed by atoms with Crippen LogP contribution in [0.25, 0.3) is 0 Å². The number of hydrogen-bond donors (Lipinski definition) is 0. The van der Waals surface area contributed by atoms with Gasteiger partial charge in [0.05, 0.1) is 12.1 Å². The quantitative estimate of drug-likeness (QED) is 0.819. The van der Waals surface area contributed by atoms with Crippen LogP contribution in [0.1, 0.15) is 16.7 Å². The van der Waals surface area contributed by atoms with Crippen molar-refractivity contribution in [2.24, 2.45) is 0 Å². The van der Waals surface area contributed by atoms with E-state index in [1.54, 1.807) is 11.0 Å². The number of halogens is 1. The lowest BCUT2D eigenvalue weighted by molar-refractivity contribution is -0.117. The van der Waals surface area contributed by atoms with E-state index in [4.69, 9.17) is 0 Å². The fourth-order valence-corrected chi connectivity index (χ4v) is 2.72. The van der Waals surface area contributed by atoms with E-state index in [0.717, 1.165) is 23.1 Å². The Kier molecular flexibility index (Phi) is 3.26. The van der Waals surface area contributed by atoms with Crippen LogP contribution in [0.2, 0.25) is 0 Å². The molecular weight excluding hydrogens is 253 g/mol. The highest BCUT2D eigenvalue weighted by Gasteiger charge is 2.27. The molecule has 0 saturated carbocycles. The summed E-state index contributed by atoms with van der Waals surface area (Å²) in [6.07, 6.45) is 1.05. The fourth-order valence-electron chi connectivity index (χ4n) is 2.72. The summed E-state index contributed by atoms with van der Waals surface area (Å²) in [4.78, 5) is 14.0. The number of aryl methyl sites for hydroxylation is 1. The van der Waals surface area contributed by atoms with Gasteiger partial charge in [0.1, 0.15) is 5.82 Å². The molecule has 102 valence electrons. The molecular formula is C17H16FNO. The molecule has 2 nitrogen and oxygen atoms in total. The number of carbonyl (C=O) groups is 1. The van der Waals surface area contributed by atoms with Gasteiger partial charge in [0.25, 0.3) is 0 Å². The van der Waals surface area contributed by atoms with Crippen LogP contribution in [0.5, 0.6) is 0 Å². The molecule has 1 aliphatic heterocycles. The van der Waals surface area contributed by atoms with Gasteiger partial charge in [-0.05, 0) is 36.1 Å². The summed E-state index contributed by atoms with van der Waals surface area (Å²) in [6, 6.07) is 12.8. The van der Waals surface area contributed by atoms with Gasteiger partial charge in [0.2, 0.25) is 5.91 Å². The Bertz CT molecular complexity index is 666. The SMILES string of the molecule is Cc1ccccc1CC(=O)N1CCc2cccc(F)c21. The summed E-state index contributed by atoms with van der Waals surface area (Å²) in [5.41, 5.74) is 3.48. The largest absolute Gasteiger partial charge is 0.309 e. The second-order valence-corrected chi connectivity index (χ2v) is 5.15. The van der Waals surface area contributed by atoms with Gasteiger partial charge in [-0.15, -0.1) is 0 Å². The minimum absolute atomic E-state index is 0.0387. The van der Waals surface area contributed by atoms with Crippen LogP contribution in [-0.2, 0) is 17.6 Å². The molecule has 0 radical (unpaired) electrons. The van der Waals surface area contributed by atoms with E-state index in [-0.39, 0.29) is 11.7 Å². The highest BCUT2D eigenvalue weighted by atomic mass is 19.1. The molecule has 20 heavy (non-hydrogen) atoms. The number of para-hydroxylation sites is 1. The maximum absolute atomic E-state index is 13.9. The molecule has 2 aromatic carbocycles. The summed E-state index contributed by atoms with van der Waals surface area (Å²) in [5.74, 6) is -0.346. The fraction of sp³-hybridized carbons (Fsp3) is 0.235. The lowest BCUT2D eigenvalue weighted by Gasteiger charge is -2.18. The van der Waals surface area contributed by atoms with Crippen LogP contribution in [-0.4, -0.2) is 12.5 Å². The molecule has 1 amide bonds. The third-order valence-electron chi connectivity index (χ3n) is 3.85. The van der Waals surface area contributed by atoms with E-state index in [1.807, 2.05) is 37.3 Å². The number of fused-ring (bicyclic) bond motifs is 1. The second-order valence-electron chi connectivity index (χ2n) is 5.15. The first-order chi connectivity index (χ1) is 9.66. The van der Waals surface area contributed by atoms with Crippen molar-refractivity contribution >= 4 is 11.6 Å². The maximum atomic E-state index is 13.9. The molecule has 1 aliphatic rings. The third kappa shape index (κ3) is 2.20. The van der Waals surface area contributed by atoms with E-state index in [9.17, 15) is 9.18 Å². The highest BCUT2D eigenvalue weighted by molar-refractivity contribution is 5.97. The number of nitrogens with zero attached hydrogens (tertiary/aromatic N) is 1. The molecule has 0 spiro atoms. The molecule has 3 rings (SSSR count). The van der Waals surface area contributed by atoms with Gasteiger partial charge >= 0.3 is 0 Å². The monoisotopic (exact) mass is 269 g/mol. The van der Waals surface area contributed by atoms with E-state index in [0.29, 0.717) is 18.7 Å². The summed E-state index contributed by atoms with van der Waals surface area (Å²) in [6.45, 7) is 2.56. The number of carbonyl (C=O) groups excluding carboxylic acids is 1. The van der Waals surface area contributed by atoms with Crippen LogP contribution in [0.15, 0.2) is 42.5 Å². The Hall–Kier alpha value is -2.16. The molecule has 0 aliphatic carbocycles. The zero-order chi connectivity index (χ0) is 14.1. The van der Waals surface area contributed by atoms with Crippen LogP contribution in [0.4, 0.5) is 10.1 Å². The number of amides is 1. The van der Waals surface area contributed by atoms with Crippen LogP contribution in [0, 0.1) is 12.7 Å². The molecule has 0 aromatic heterocycles. The minimum atomic E-state index is -0.307. The summed E-state index contributed by atoms with van der Waals surface area (Å²) in [7, 11) is 0. The van der Waals surface area contributed by atoms with E-state index < -0.39 is 0 Å². The van der Waals surface area contributed by atoms with Crippen molar-refractivity contribution in [2.75, 3.05) is 11.4 Å². The zero-order valence-electron chi connectivity index (χ0n) is 11.4. The van der Waals surface area contributed by atoms with E-state index >= 15 is 0 Å². The first kappa shape index (κ1) is 12.9. The Labute approximate surface area is 117 Å². The summed E-state index contributed by atoms with van der Waals surface area (Å²) >= 11 is 0. The molecule has 0 unspecified atom stereocenters. The Morgan fingerprint density at radius 3 is 2.80 bits per heavy atom. The van der Waals surface area contributed by atoms with Gasteiger partial charge in [0, 0.05) is 6.54 Å². The van der Waals surface area contributed by atoms with Crippen LogP contribution in [0.3, 0.4) is 0 Å². The minimum Gasteiger partial charge on any atom is -0.309 e. The van der Waals surface area contributed by atoms with Crippen LogP contribution >= 0.6 is 0 Å². The molecule has 0 N–H and O–H groups in total.